The lowest BCUT2D eigenvalue weighted by molar-refractivity contribution is -0.124. The van der Waals surface area contributed by atoms with E-state index >= 15 is 0 Å². The van der Waals surface area contributed by atoms with Crippen LogP contribution in [0.5, 0.6) is 5.75 Å². The molecule has 2 rings (SSSR count). The van der Waals surface area contributed by atoms with Crippen molar-refractivity contribution in [2.45, 2.75) is 38.3 Å². The van der Waals surface area contributed by atoms with E-state index in [0.29, 0.717) is 18.3 Å². The van der Waals surface area contributed by atoms with Crippen LogP contribution in [0.15, 0.2) is 24.3 Å². The normalized spacial score (nSPS) is 21.9. The molecule has 2 unspecified atom stereocenters. The fourth-order valence-electron chi connectivity index (χ4n) is 2.96. The molecule has 1 aromatic rings. The van der Waals surface area contributed by atoms with Crippen LogP contribution in [0.1, 0.15) is 26.2 Å². The van der Waals surface area contributed by atoms with Crippen LogP contribution in [-0.2, 0) is 4.79 Å². The van der Waals surface area contributed by atoms with Gasteiger partial charge in [0.15, 0.2) is 0 Å². The Hall–Kier alpha value is -1.66. The fourth-order valence-corrected chi connectivity index (χ4v) is 2.96. The van der Waals surface area contributed by atoms with Gasteiger partial charge >= 0.3 is 0 Å². The van der Waals surface area contributed by atoms with Gasteiger partial charge in [-0.15, -0.1) is 0 Å². The molecule has 23 heavy (non-hydrogen) atoms. The van der Waals surface area contributed by atoms with E-state index in [2.05, 4.69) is 17.1 Å². The smallest absolute Gasteiger partial charge is 0.234 e. The van der Waals surface area contributed by atoms with Crippen LogP contribution in [0, 0.1) is 5.82 Å². The van der Waals surface area contributed by atoms with Gasteiger partial charge < -0.3 is 15.2 Å². The second-order valence-electron chi connectivity index (χ2n) is 5.94. The highest BCUT2D eigenvalue weighted by atomic mass is 19.1. The predicted octanol–water partition coefficient (Wildman–Crippen LogP) is 1.56. The summed E-state index contributed by atoms with van der Waals surface area (Å²) < 4.78 is 18.4. The number of halogens is 1. The van der Waals surface area contributed by atoms with E-state index < -0.39 is 0 Å². The number of rotatable bonds is 7. The number of amides is 1. The van der Waals surface area contributed by atoms with Crippen molar-refractivity contribution >= 4 is 5.91 Å². The Morgan fingerprint density at radius 1 is 1.48 bits per heavy atom. The van der Waals surface area contributed by atoms with E-state index in [4.69, 9.17) is 4.74 Å². The Balaban J connectivity index is 1.70. The lowest BCUT2D eigenvalue weighted by Gasteiger charge is -2.39. The number of ether oxygens (including phenoxy) is 1. The molecule has 0 spiro atoms. The summed E-state index contributed by atoms with van der Waals surface area (Å²) in [6, 6.07) is 6.28. The highest BCUT2D eigenvalue weighted by Gasteiger charge is 2.28. The lowest BCUT2D eigenvalue weighted by atomic mass is 9.97. The molecule has 2 N–H and O–H groups in total. The first-order valence-electron chi connectivity index (χ1n) is 8.12. The Labute approximate surface area is 136 Å². The molecule has 0 radical (unpaired) electrons. The van der Waals surface area contributed by atoms with Crippen molar-refractivity contribution in [1.82, 2.24) is 10.2 Å². The molecule has 1 heterocycles. The average Bonchev–Trinajstić information content (AvgIpc) is 2.53. The first-order chi connectivity index (χ1) is 11.1. The molecule has 6 heteroatoms. The zero-order chi connectivity index (χ0) is 16.7. The minimum atomic E-state index is -0.347. The van der Waals surface area contributed by atoms with Crippen molar-refractivity contribution in [3.63, 3.8) is 0 Å². The molecule has 1 aromatic carbocycles. The molecule has 1 amide bonds. The van der Waals surface area contributed by atoms with E-state index in [1.807, 2.05) is 0 Å². The number of carbonyl (C=O) groups excluding carboxylic acids is 1. The van der Waals surface area contributed by atoms with Crippen molar-refractivity contribution in [2.24, 2.45) is 0 Å². The summed E-state index contributed by atoms with van der Waals surface area (Å²) in [4.78, 5) is 14.1. The summed E-state index contributed by atoms with van der Waals surface area (Å²) >= 11 is 0. The van der Waals surface area contributed by atoms with Gasteiger partial charge in [0.2, 0.25) is 5.91 Å². The van der Waals surface area contributed by atoms with Gasteiger partial charge in [-0.25, -0.2) is 4.39 Å². The molecule has 1 saturated heterocycles. The molecule has 1 aliphatic heterocycles. The summed E-state index contributed by atoms with van der Waals surface area (Å²) in [7, 11) is 0. The monoisotopic (exact) mass is 324 g/mol. The molecule has 128 valence electrons. The van der Waals surface area contributed by atoms with Gasteiger partial charge in [-0.05, 0) is 31.9 Å². The predicted molar refractivity (Wildman–Crippen MR) is 85.8 cm³/mol. The molecular formula is C17H25FN2O3. The molecule has 5 nitrogen and oxygen atoms in total. The van der Waals surface area contributed by atoms with Crippen molar-refractivity contribution in [3.8, 4) is 5.75 Å². The SMILES string of the molecule is CC1CCCC(CO)N1CC(=O)NCCOc1cccc(F)c1. The summed E-state index contributed by atoms with van der Waals surface area (Å²) in [5, 5.41) is 12.2. The number of hydrogen-bond acceptors (Lipinski definition) is 4. The van der Waals surface area contributed by atoms with Crippen LogP contribution in [0.2, 0.25) is 0 Å². The van der Waals surface area contributed by atoms with Crippen LogP contribution in [0.25, 0.3) is 0 Å². The second-order valence-corrected chi connectivity index (χ2v) is 5.94. The third kappa shape index (κ3) is 5.48. The number of nitrogens with zero attached hydrogens (tertiary/aromatic N) is 1. The maximum atomic E-state index is 13.0. The number of benzene rings is 1. The molecule has 1 aliphatic rings. The van der Waals surface area contributed by atoms with E-state index in [1.165, 1.54) is 12.1 Å². The molecule has 0 bridgehead atoms. The average molecular weight is 324 g/mol. The molecule has 0 aliphatic carbocycles. The molecule has 1 fully saturated rings. The highest BCUT2D eigenvalue weighted by molar-refractivity contribution is 5.78. The van der Waals surface area contributed by atoms with Gasteiger partial charge in [-0.2, -0.15) is 0 Å². The number of piperidine rings is 1. The first kappa shape index (κ1) is 17.7. The highest BCUT2D eigenvalue weighted by Crippen LogP contribution is 2.21. The standard InChI is InChI=1S/C17H25FN2O3/c1-13-4-2-6-15(12-21)20(13)11-17(22)19-8-9-23-16-7-3-5-14(18)10-16/h3,5,7,10,13,15,21H,2,4,6,8-9,11-12H2,1H3,(H,19,22). The number of aliphatic hydroxyl groups is 1. The number of likely N-dealkylation sites (tertiary alicyclic amines) is 1. The van der Waals surface area contributed by atoms with Gasteiger partial charge in [0, 0.05) is 18.2 Å². The van der Waals surface area contributed by atoms with Crippen LogP contribution in [-0.4, -0.2) is 54.3 Å². The number of carbonyl (C=O) groups is 1. The van der Waals surface area contributed by atoms with Crippen molar-refractivity contribution in [2.75, 3.05) is 26.3 Å². The zero-order valence-corrected chi connectivity index (χ0v) is 13.5. The number of aliphatic hydroxyl groups excluding tert-OH is 1. The summed E-state index contributed by atoms with van der Waals surface area (Å²) in [6.45, 7) is 3.10. The van der Waals surface area contributed by atoms with E-state index in [9.17, 15) is 14.3 Å². The van der Waals surface area contributed by atoms with Gasteiger partial charge in [-0.1, -0.05) is 12.5 Å². The largest absolute Gasteiger partial charge is 0.492 e. The third-order valence-electron chi connectivity index (χ3n) is 4.22. The number of nitrogens with one attached hydrogen (secondary N) is 1. The van der Waals surface area contributed by atoms with Crippen molar-refractivity contribution < 1.29 is 19.0 Å². The zero-order valence-electron chi connectivity index (χ0n) is 13.5. The van der Waals surface area contributed by atoms with Crippen LogP contribution < -0.4 is 10.1 Å². The van der Waals surface area contributed by atoms with E-state index in [-0.39, 0.29) is 37.5 Å². The summed E-state index contributed by atoms with van der Waals surface area (Å²) in [5.74, 6) is 0.0185. The van der Waals surface area contributed by atoms with E-state index in [1.54, 1.807) is 12.1 Å². The van der Waals surface area contributed by atoms with Crippen LogP contribution in [0.3, 0.4) is 0 Å². The Morgan fingerprint density at radius 2 is 2.30 bits per heavy atom. The molecular weight excluding hydrogens is 299 g/mol. The summed E-state index contributed by atoms with van der Waals surface area (Å²) in [6.07, 6.45) is 3.06. The van der Waals surface area contributed by atoms with Crippen molar-refractivity contribution in [1.29, 1.82) is 0 Å². The topological polar surface area (TPSA) is 61.8 Å². The molecule has 2 atom stereocenters. The Kier molecular flexibility index (Phi) is 6.80. The molecule has 0 saturated carbocycles. The van der Waals surface area contributed by atoms with Crippen LogP contribution in [0.4, 0.5) is 4.39 Å². The van der Waals surface area contributed by atoms with Gasteiger partial charge in [-0.3, -0.25) is 9.69 Å². The first-order valence-corrected chi connectivity index (χ1v) is 8.12. The third-order valence-corrected chi connectivity index (χ3v) is 4.22. The minimum absolute atomic E-state index is 0.0630. The maximum absolute atomic E-state index is 13.0. The van der Waals surface area contributed by atoms with Gasteiger partial charge in [0.25, 0.3) is 0 Å². The molecule has 0 aromatic heterocycles. The second kappa shape index (κ2) is 8.84. The quantitative estimate of drug-likeness (QED) is 0.747. The maximum Gasteiger partial charge on any atom is 0.234 e. The minimum Gasteiger partial charge on any atom is -0.492 e. The van der Waals surface area contributed by atoms with Crippen LogP contribution >= 0.6 is 0 Å². The fraction of sp³-hybridized carbons (Fsp3) is 0.588. The Morgan fingerprint density at radius 3 is 3.04 bits per heavy atom. The van der Waals surface area contributed by atoms with Gasteiger partial charge in [0.1, 0.15) is 18.2 Å². The summed E-state index contributed by atoms with van der Waals surface area (Å²) in [5.41, 5.74) is 0. The number of hydrogen-bond donors (Lipinski definition) is 2. The lowest BCUT2D eigenvalue weighted by Crippen LogP contribution is -2.51. The van der Waals surface area contributed by atoms with Gasteiger partial charge in [0.05, 0.1) is 19.7 Å². The van der Waals surface area contributed by atoms with E-state index in [0.717, 1.165) is 19.3 Å². The van der Waals surface area contributed by atoms with Crippen molar-refractivity contribution in [3.05, 3.63) is 30.1 Å². The Bertz CT molecular complexity index is 512.